The number of carbonyl (C=O) groups excluding carboxylic acids is 2. The number of rotatable bonds is 10. The number of ether oxygens (including phenoxy) is 3. The van der Waals surface area contributed by atoms with Crippen molar-refractivity contribution in [1.29, 1.82) is 0 Å². The average molecular weight is 561 g/mol. The molecule has 0 aliphatic rings. The van der Waals surface area contributed by atoms with Gasteiger partial charge in [0.25, 0.3) is 5.91 Å². The Morgan fingerprint density at radius 2 is 1.65 bits per heavy atom. The summed E-state index contributed by atoms with van der Waals surface area (Å²) in [6, 6.07) is 25.4. The largest absolute Gasteiger partial charge is 0.494 e. The van der Waals surface area contributed by atoms with Crippen molar-refractivity contribution in [3.05, 3.63) is 101 Å². The summed E-state index contributed by atoms with van der Waals surface area (Å²) in [5.41, 5.74) is 3.31. The van der Waals surface area contributed by atoms with Gasteiger partial charge < -0.3 is 14.2 Å². The maximum absolute atomic E-state index is 12.7. The van der Waals surface area contributed by atoms with Crippen molar-refractivity contribution < 1.29 is 23.8 Å². The first kappa shape index (κ1) is 25.9. The minimum Gasteiger partial charge on any atom is -0.494 e. The fourth-order valence-corrected chi connectivity index (χ4v) is 3.77. The molecule has 0 fully saturated rings. The first-order valence-electron chi connectivity index (χ1n) is 11.7. The Morgan fingerprint density at radius 1 is 0.892 bits per heavy atom. The molecule has 0 unspecified atom stereocenters. The van der Waals surface area contributed by atoms with Gasteiger partial charge in [-0.05, 0) is 71.8 Å². The Balaban J connectivity index is 1.34. The normalized spacial score (nSPS) is 10.9. The van der Waals surface area contributed by atoms with Crippen LogP contribution in [-0.4, -0.2) is 31.3 Å². The Kier molecular flexibility index (Phi) is 8.89. The lowest BCUT2D eigenvalue weighted by Gasteiger charge is -2.09. The average Bonchev–Trinajstić information content (AvgIpc) is 2.92. The number of benzene rings is 4. The summed E-state index contributed by atoms with van der Waals surface area (Å²) in [5, 5.41) is 6.11. The highest BCUT2D eigenvalue weighted by molar-refractivity contribution is 9.10. The molecular formula is C29H25BrN2O5. The second-order valence-corrected chi connectivity index (χ2v) is 8.95. The van der Waals surface area contributed by atoms with Crippen LogP contribution < -0.4 is 19.6 Å². The number of nitrogens with one attached hydrogen (secondary N) is 1. The maximum Gasteiger partial charge on any atom is 0.343 e. The lowest BCUT2D eigenvalue weighted by molar-refractivity contribution is -0.123. The quantitative estimate of drug-likeness (QED) is 0.109. The van der Waals surface area contributed by atoms with Crippen LogP contribution in [0.25, 0.3) is 10.8 Å². The predicted octanol–water partition coefficient (Wildman–Crippen LogP) is 6.14. The van der Waals surface area contributed by atoms with Crippen molar-refractivity contribution >= 4 is 44.8 Å². The molecule has 0 radical (unpaired) electrons. The van der Waals surface area contributed by atoms with E-state index in [1.165, 1.54) is 6.21 Å². The summed E-state index contributed by atoms with van der Waals surface area (Å²) in [6.45, 7) is 2.43. The van der Waals surface area contributed by atoms with Crippen molar-refractivity contribution in [2.24, 2.45) is 5.10 Å². The summed E-state index contributed by atoms with van der Waals surface area (Å²) in [4.78, 5) is 24.9. The first-order valence-corrected chi connectivity index (χ1v) is 12.5. The third-order valence-electron chi connectivity index (χ3n) is 5.22. The molecule has 4 aromatic carbocycles. The minimum atomic E-state index is -0.521. The third-order valence-corrected chi connectivity index (χ3v) is 5.71. The van der Waals surface area contributed by atoms with Crippen LogP contribution >= 0.6 is 15.9 Å². The van der Waals surface area contributed by atoms with Gasteiger partial charge in [-0.3, -0.25) is 4.79 Å². The van der Waals surface area contributed by atoms with Crippen LogP contribution in [-0.2, 0) is 4.79 Å². The van der Waals surface area contributed by atoms with E-state index >= 15 is 0 Å². The number of halogens is 1. The molecule has 188 valence electrons. The third kappa shape index (κ3) is 7.41. The van der Waals surface area contributed by atoms with Crippen LogP contribution in [0.5, 0.6) is 17.2 Å². The van der Waals surface area contributed by atoms with Crippen LogP contribution in [0.15, 0.2) is 94.5 Å². The molecule has 0 aromatic heterocycles. The molecule has 4 aromatic rings. The van der Waals surface area contributed by atoms with E-state index in [4.69, 9.17) is 14.2 Å². The van der Waals surface area contributed by atoms with Gasteiger partial charge in [0.2, 0.25) is 0 Å². The van der Waals surface area contributed by atoms with Gasteiger partial charge in [-0.15, -0.1) is 0 Å². The van der Waals surface area contributed by atoms with Gasteiger partial charge in [0.05, 0.1) is 18.4 Å². The Bertz CT molecular complexity index is 1420. The van der Waals surface area contributed by atoms with E-state index in [9.17, 15) is 9.59 Å². The van der Waals surface area contributed by atoms with E-state index in [-0.39, 0.29) is 6.61 Å². The molecule has 0 heterocycles. The fraction of sp³-hybridized carbons (Fsp3) is 0.138. The van der Waals surface area contributed by atoms with E-state index in [0.29, 0.717) is 35.0 Å². The Labute approximate surface area is 223 Å². The maximum atomic E-state index is 12.7. The van der Waals surface area contributed by atoms with Crippen molar-refractivity contribution in [3.63, 3.8) is 0 Å². The molecule has 8 heteroatoms. The predicted molar refractivity (Wildman–Crippen MR) is 147 cm³/mol. The van der Waals surface area contributed by atoms with E-state index in [1.54, 1.807) is 42.5 Å². The molecule has 0 aliphatic heterocycles. The van der Waals surface area contributed by atoms with Crippen LogP contribution in [0.4, 0.5) is 0 Å². The van der Waals surface area contributed by atoms with Crippen LogP contribution in [0.3, 0.4) is 0 Å². The number of esters is 1. The molecule has 7 nitrogen and oxygen atoms in total. The molecule has 1 amide bonds. The van der Waals surface area contributed by atoms with Crippen molar-refractivity contribution in [2.75, 3.05) is 13.2 Å². The number of fused-ring (bicyclic) bond motifs is 1. The molecule has 4 rings (SSSR count). The molecular weight excluding hydrogens is 536 g/mol. The topological polar surface area (TPSA) is 86.2 Å². The van der Waals surface area contributed by atoms with Crippen LogP contribution in [0.2, 0.25) is 0 Å². The summed E-state index contributed by atoms with van der Waals surface area (Å²) < 4.78 is 17.5. The number of nitrogens with zero attached hydrogens (tertiary/aromatic N) is 1. The second-order valence-electron chi connectivity index (χ2n) is 8.04. The number of amides is 1. The molecule has 37 heavy (non-hydrogen) atoms. The van der Waals surface area contributed by atoms with Crippen molar-refractivity contribution in [1.82, 2.24) is 5.43 Å². The zero-order valence-corrected chi connectivity index (χ0v) is 21.7. The Hall–Kier alpha value is -4.17. The smallest absolute Gasteiger partial charge is 0.343 e. The molecule has 0 saturated heterocycles. The van der Waals surface area contributed by atoms with E-state index < -0.39 is 11.9 Å². The zero-order valence-electron chi connectivity index (χ0n) is 20.1. The number of hydrogen-bond acceptors (Lipinski definition) is 6. The molecule has 0 atom stereocenters. The lowest BCUT2D eigenvalue weighted by Crippen LogP contribution is -2.24. The highest BCUT2D eigenvalue weighted by atomic mass is 79.9. The molecule has 0 aliphatic carbocycles. The van der Waals surface area contributed by atoms with Crippen LogP contribution in [0.1, 0.15) is 29.3 Å². The van der Waals surface area contributed by atoms with Gasteiger partial charge >= 0.3 is 5.97 Å². The van der Waals surface area contributed by atoms with Gasteiger partial charge in [-0.2, -0.15) is 5.10 Å². The highest BCUT2D eigenvalue weighted by Gasteiger charge is 2.12. The summed E-state index contributed by atoms with van der Waals surface area (Å²) in [6.07, 6.45) is 2.30. The molecule has 0 bridgehead atoms. The zero-order chi connectivity index (χ0) is 26.0. The standard InChI is InChI=1S/C29H25BrN2O5/c1-2-15-35-25-11-8-21(9-12-25)29(34)37-27-14-10-24(30)16-23(27)18-31-32-28(33)19-36-26-13-7-20-5-3-4-6-22(20)17-26/h3-14,16-18H,2,15,19H2,1H3,(H,32,33)/b31-18-. The molecule has 0 saturated carbocycles. The Morgan fingerprint density at radius 3 is 2.43 bits per heavy atom. The fourth-order valence-electron chi connectivity index (χ4n) is 3.39. The first-order chi connectivity index (χ1) is 18.0. The van der Waals surface area contributed by atoms with Crippen molar-refractivity contribution in [2.45, 2.75) is 13.3 Å². The SMILES string of the molecule is CCCOc1ccc(C(=O)Oc2ccc(Br)cc2/C=N\NC(=O)COc2ccc3ccccc3c2)cc1. The number of carbonyl (C=O) groups is 2. The van der Waals surface area contributed by atoms with E-state index in [1.807, 2.05) is 49.4 Å². The van der Waals surface area contributed by atoms with E-state index in [0.717, 1.165) is 21.7 Å². The van der Waals surface area contributed by atoms with Gasteiger partial charge in [-0.1, -0.05) is 53.2 Å². The highest BCUT2D eigenvalue weighted by Crippen LogP contribution is 2.24. The van der Waals surface area contributed by atoms with Crippen molar-refractivity contribution in [3.8, 4) is 17.2 Å². The van der Waals surface area contributed by atoms with Crippen LogP contribution in [0, 0.1) is 0 Å². The molecule has 0 spiro atoms. The minimum absolute atomic E-state index is 0.200. The molecule has 1 N–H and O–H groups in total. The second kappa shape index (κ2) is 12.7. The van der Waals surface area contributed by atoms with Gasteiger partial charge in [0, 0.05) is 10.0 Å². The number of hydrogen-bond donors (Lipinski definition) is 1. The van der Waals surface area contributed by atoms with E-state index in [2.05, 4.69) is 26.5 Å². The summed E-state index contributed by atoms with van der Waals surface area (Å²) in [7, 11) is 0. The summed E-state index contributed by atoms with van der Waals surface area (Å²) >= 11 is 3.40. The number of hydrazone groups is 1. The van der Waals surface area contributed by atoms with Gasteiger partial charge in [0.1, 0.15) is 17.2 Å². The van der Waals surface area contributed by atoms with Gasteiger partial charge in [0.15, 0.2) is 6.61 Å². The monoisotopic (exact) mass is 560 g/mol. The summed E-state index contributed by atoms with van der Waals surface area (Å²) in [5.74, 6) is 0.624. The lowest BCUT2D eigenvalue weighted by atomic mass is 10.1. The van der Waals surface area contributed by atoms with Gasteiger partial charge in [-0.25, -0.2) is 10.2 Å².